The maximum Gasteiger partial charge on any atom is 0.253 e. The summed E-state index contributed by atoms with van der Waals surface area (Å²) in [6, 6.07) is 16.3. The first-order valence-electron chi connectivity index (χ1n) is 7.48. The molecule has 0 fully saturated rings. The molecule has 0 radical (unpaired) electrons. The number of rotatable bonds is 4. The molecule has 0 spiro atoms. The first kappa shape index (κ1) is 13.7. The van der Waals surface area contributed by atoms with E-state index in [0.717, 1.165) is 30.6 Å². The fraction of sp³-hybridized carbons (Fsp3) is 0.278. The zero-order valence-corrected chi connectivity index (χ0v) is 12.2. The Morgan fingerprint density at radius 3 is 2.33 bits per heavy atom. The van der Waals surface area contributed by atoms with Crippen molar-refractivity contribution in [2.75, 3.05) is 11.9 Å². The van der Waals surface area contributed by atoms with Crippen molar-refractivity contribution in [1.29, 1.82) is 0 Å². The van der Waals surface area contributed by atoms with E-state index in [-0.39, 0.29) is 11.9 Å². The molecule has 3 nitrogen and oxygen atoms in total. The molecule has 0 bridgehead atoms. The molecule has 108 valence electrons. The van der Waals surface area contributed by atoms with Crippen molar-refractivity contribution in [3.05, 3.63) is 65.2 Å². The lowest BCUT2D eigenvalue weighted by atomic mass is 10.1. The van der Waals surface area contributed by atoms with E-state index >= 15 is 0 Å². The summed E-state index contributed by atoms with van der Waals surface area (Å²) in [6.45, 7) is 2.83. The number of hydrogen-bond acceptors (Lipinski definition) is 2. The molecule has 2 N–H and O–H groups in total. The zero-order valence-electron chi connectivity index (χ0n) is 12.2. The monoisotopic (exact) mass is 280 g/mol. The minimum atomic E-state index is 0.00403. The number of hydrogen-bond donors (Lipinski definition) is 2. The van der Waals surface area contributed by atoms with Crippen molar-refractivity contribution < 1.29 is 4.79 Å². The zero-order chi connectivity index (χ0) is 14.7. The highest BCUT2D eigenvalue weighted by Crippen LogP contribution is 2.22. The van der Waals surface area contributed by atoms with Gasteiger partial charge in [-0.25, -0.2) is 0 Å². The Labute approximate surface area is 125 Å². The van der Waals surface area contributed by atoms with Gasteiger partial charge in [0.25, 0.3) is 5.91 Å². The first-order chi connectivity index (χ1) is 10.3. The lowest BCUT2D eigenvalue weighted by molar-refractivity contribution is 0.0939. The van der Waals surface area contributed by atoms with E-state index in [0.29, 0.717) is 0 Å². The molecule has 3 heteroatoms. The molecule has 3 rings (SSSR count). The average molecular weight is 280 g/mol. The molecule has 0 aliphatic heterocycles. The lowest BCUT2D eigenvalue weighted by Crippen LogP contribution is -2.35. The van der Waals surface area contributed by atoms with Gasteiger partial charge >= 0.3 is 0 Å². The lowest BCUT2D eigenvalue weighted by Gasteiger charge is -2.15. The van der Waals surface area contributed by atoms with Crippen LogP contribution in [0.25, 0.3) is 0 Å². The van der Waals surface area contributed by atoms with Gasteiger partial charge in [-0.05, 0) is 43.0 Å². The molecule has 0 unspecified atom stereocenters. The van der Waals surface area contributed by atoms with Gasteiger partial charge in [-0.1, -0.05) is 36.4 Å². The Balaban J connectivity index is 1.71. The van der Waals surface area contributed by atoms with Gasteiger partial charge in [-0.3, -0.25) is 4.79 Å². The van der Waals surface area contributed by atoms with Gasteiger partial charge in [0.1, 0.15) is 0 Å². The van der Waals surface area contributed by atoms with Crippen molar-refractivity contribution in [1.82, 2.24) is 5.32 Å². The fourth-order valence-corrected chi connectivity index (χ4v) is 2.95. The maximum atomic E-state index is 12.5. The standard InChI is InChI=1S/C18H20N2O/c1-2-19-17-10-6-5-9-16(17)18(21)20-15-11-13-7-3-4-8-14(13)12-15/h3-10,15,19H,2,11-12H2,1H3,(H,20,21). The molecule has 0 atom stereocenters. The van der Waals surface area contributed by atoms with Gasteiger partial charge in [0.2, 0.25) is 0 Å². The number of para-hydroxylation sites is 1. The third-order valence-corrected chi connectivity index (χ3v) is 3.93. The number of carbonyl (C=O) groups excluding carboxylic acids is 1. The predicted molar refractivity (Wildman–Crippen MR) is 85.7 cm³/mol. The van der Waals surface area contributed by atoms with Crippen LogP contribution in [-0.4, -0.2) is 18.5 Å². The summed E-state index contributed by atoms with van der Waals surface area (Å²) < 4.78 is 0. The molecule has 1 aliphatic carbocycles. The molecular formula is C18H20N2O. The Morgan fingerprint density at radius 2 is 1.67 bits per heavy atom. The van der Waals surface area contributed by atoms with Crippen LogP contribution in [0, 0.1) is 0 Å². The van der Waals surface area contributed by atoms with Gasteiger partial charge in [0.05, 0.1) is 5.56 Å². The average Bonchev–Trinajstić information content (AvgIpc) is 2.90. The summed E-state index contributed by atoms with van der Waals surface area (Å²) in [5, 5.41) is 6.40. The van der Waals surface area contributed by atoms with E-state index in [2.05, 4.69) is 34.9 Å². The van der Waals surface area contributed by atoms with Gasteiger partial charge in [0.15, 0.2) is 0 Å². The third kappa shape index (κ3) is 2.92. The van der Waals surface area contributed by atoms with Gasteiger partial charge < -0.3 is 10.6 Å². The Morgan fingerprint density at radius 1 is 1.05 bits per heavy atom. The summed E-state index contributed by atoms with van der Waals surface area (Å²) in [6.07, 6.45) is 1.84. The number of anilines is 1. The Kier molecular flexibility index (Phi) is 3.91. The van der Waals surface area contributed by atoms with Crippen molar-refractivity contribution in [2.24, 2.45) is 0 Å². The third-order valence-electron chi connectivity index (χ3n) is 3.93. The fourth-order valence-electron chi connectivity index (χ4n) is 2.95. The van der Waals surface area contributed by atoms with Crippen LogP contribution in [0.15, 0.2) is 48.5 Å². The highest BCUT2D eigenvalue weighted by atomic mass is 16.1. The normalized spacial score (nSPS) is 13.8. The smallest absolute Gasteiger partial charge is 0.253 e. The SMILES string of the molecule is CCNc1ccccc1C(=O)NC1Cc2ccccc2C1. The first-order valence-corrected chi connectivity index (χ1v) is 7.48. The number of fused-ring (bicyclic) bond motifs is 1. The van der Waals surface area contributed by atoms with Crippen molar-refractivity contribution in [3.63, 3.8) is 0 Å². The van der Waals surface area contributed by atoms with Crippen LogP contribution in [0.2, 0.25) is 0 Å². The summed E-state index contributed by atoms with van der Waals surface area (Å²) in [5.74, 6) is 0.00403. The summed E-state index contributed by atoms with van der Waals surface area (Å²) >= 11 is 0. The molecule has 2 aromatic rings. The van der Waals surface area contributed by atoms with Crippen LogP contribution in [-0.2, 0) is 12.8 Å². The van der Waals surface area contributed by atoms with Crippen LogP contribution < -0.4 is 10.6 Å². The number of amides is 1. The summed E-state index contributed by atoms with van der Waals surface area (Å²) in [4.78, 5) is 12.5. The van der Waals surface area contributed by atoms with Crippen molar-refractivity contribution >= 4 is 11.6 Å². The van der Waals surface area contributed by atoms with Crippen LogP contribution in [0.5, 0.6) is 0 Å². The second-order valence-electron chi connectivity index (χ2n) is 5.42. The quantitative estimate of drug-likeness (QED) is 0.904. The number of nitrogens with one attached hydrogen (secondary N) is 2. The molecular weight excluding hydrogens is 260 g/mol. The molecule has 0 heterocycles. The van der Waals surface area contributed by atoms with E-state index < -0.39 is 0 Å². The topological polar surface area (TPSA) is 41.1 Å². The molecule has 2 aromatic carbocycles. The van der Waals surface area contributed by atoms with E-state index in [9.17, 15) is 4.79 Å². The largest absolute Gasteiger partial charge is 0.385 e. The second-order valence-corrected chi connectivity index (χ2v) is 5.42. The predicted octanol–water partition coefficient (Wildman–Crippen LogP) is 3.02. The highest BCUT2D eigenvalue weighted by Gasteiger charge is 2.23. The molecule has 21 heavy (non-hydrogen) atoms. The van der Waals surface area contributed by atoms with Gasteiger partial charge in [-0.2, -0.15) is 0 Å². The number of benzene rings is 2. The van der Waals surface area contributed by atoms with E-state index in [1.807, 2.05) is 31.2 Å². The van der Waals surface area contributed by atoms with Crippen LogP contribution in [0.3, 0.4) is 0 Å². The van der Waals surface area contributed by atoms with Gasteiger partial charge in [-0.15, -0.1) is 0 Å². The van der Waals surface area contributed by atoms with Crippen LogP contribution in [0.4, 0.5) is 5.69 Å². The number of carbonyl (C=O) groups is 1. The second kappa shape index (κ2) is 6.00. The molecule has 1 amide bonds. The minimum Gasteiger partial charge on any atom is -0.385 e. The minimum absolute atomic E-state index is 0.00403. The summed E-state index contributed by atoms with van der Waals surface area (Å²) in [5.41, 5.74) is 4.31. The summed E-state index contributed by atoms with van der Waals surface area (Å²) in [7, 11) is 0. The van der Waals surface area contributed by atoms with Gasteiger partial charge in [0, 0.05) is 18.3 Å². The van der Waals surface area contributed by atoms with Crippen molar-refractivity contribution in [2.45, 2.75) is 25.8 Å². The van der Waals surface area contributed by atoms with E-state index in [1.165, 1.54) is 11.1 Å². The molecule has 1 aliphatic rings. The Hall–Kier alpha value is -2.29. The molecule has 0 saturated carbocycles. The van der Waals surface area contributed by atoms with Crippen LogP contribution in [0.1, 0.15) is 28.4 Å². The maximum absolute atomic E-state index is 12.5. The molecule has 0 saturated heterocycles. The van der Waals surface area contributed by atoms with E-state index in [4.69, 9.17) is 0 Å². The van der Waals surface area contributed by atoms with E-state index in [1.54, 1.807) is 0 Å². The Bertz CT molecular complexity index is 626. The molecule has 0 aromatic heterocycles. The van der Waals surface area contributed by atoms with Crippen molar-refractivity contribution in [3.8, 4) is 0 Å². The van der Waals surface area contributed by atoms with Crippen LogP contribution >= 0.6 is 0 Å². The highest BCUT2D eigenvalue weighted by molar-refractivity contribution is 5.99.